The van der Waals surface area contributed by atoms with Crippen LogP contribution < -0.4 is 0 Å². The van der Waals surface area contributed by atoms with Gasteiger partial charge in [-0.15, -0.1) is 0 Å². The first-order valence-corrected chi connectivity index (χ1v) is 6.59. The average molecular weight is 296 g/mol. The zero-order valence-electron chi connectivity index (χ0n) is 11.8. The van der Waals surface area contributed by atoms with Crippen LogP contribution in [0.2, 0.25) is 0 Å². The van der Waals surface area contributed by atoms with Crippen molar-refractivity contribution >= 4 is 17.8 Å². The molecule has 0 aliphatic carbocycles. The summed E-state index contributed by atoms with van der Waals surface area (Å²) in [7, 11) is 1.23. The Morgan fingerprint density at radius 1 is 1.48 bits per heavy atom. The predicted molar refractivity (Wildman–Crippen MR) is 68.2 cm³/mol. The number of amides is 1. The number of aromatic nitrogens is 1. The molecule has 1 amide bonds. The van der Waals surface area contributed by atoms with Gasteiger partial charge in [0, 0.05) is 6.54 Å². The maximum absolute atomic E-state index is 12.1. The molecule has 0 N–H and O–H groups in total. The molecule has 0 aromatic carbocycles. The van der Waals surface area contributed by atoms with Crippen molar-refractivity contribution in [3.8, 4) is 0 Å². The molecular formula is C13H16N2O6. The van der Waals surface area contributed by atoms with Gasteiger partial charge in [0.2, 0.25) is 0 Å². The van der Waals surface area contributed by atoms with E-state index in [1.54, 1.807) is 6.92 Å². The second-order valence-corrected chi connectivity index (χ2v) is 4.43. The number of hydrogen-bond acceptors (Lipinski definition) is 7. The standard InChI is InChI=1S/C13H16N2O6/c1-3-20-13(18)11(16)15-6-4-5-8(15)10-9(12(17)19-2)14-7-21-10/h7-8H,3-6H2,1-2H3. The molecule has 2 rings (SSSR count). The van der Waals surface area contributed by atoms with Gasteiger partial charge in [-0.25, -0.2) is 14.6 Å². The van der Waals surface area contributed by atoms with Crippen molar-refractivity contribution in [3.63, 3.8) is 0 Å². The highest BCUT2D eigenvalue weighted by Crippen LogP contribution is 2.34. The third-order valence-electron chi connectivity index (χ3n) is 3.24. The molecule has 21 heavy (non-hydrogen) atoms. The Morgan fingerprint density at radius 3 is 2.90 bits per heavy atom. The van der Waals surface area contributed by atoms with Crippen LogP contribution in [0.1, 0.15) is 42.1 Å². The van der Waals surface area contributed by atoms with Gasteiger partial charge in [-0.3, -0.25) is 4.79 Å². The van der Waals surface area contributed by atoms with Gasteiger partial charge in [0.05, 0.1) is 19.8 Å². The first kappa shape index (κ1) is 15.0. The Bertz CT molecular complexity index is 553. The molecule has 1 aromatic heterocycles. The van der Waals surface area contributed by atoms with Crippen LogP contribution in [0.4, 0.5) is 0 Å². The predicted octanol–water partition coefficient (Wildman–Crippen LogP) is 0.688. The highest BCUT2D eigenvalue weighted by Gasteiger charge is 2.38. The first-order chi connectivity index (χ1) is 10.1. The second-order valence-electron chi connectivity index (χ2n) is 4.43. The minimum atomic E-state index is -0.913. The van der Waals surface area contributed by atoms with E-state index in [4.69, 9.17) is 9.15 Å². The lowest BCUT2D eigenvalue weighted by Gasteiger charge is -2.22. The van der Waals surface area contributed by atoms with Gasteiger partial charge >= 0.3 is 17.8 Å². The van der Waals surface area contributed by atoms with E-state index in [1.165, 1.54) is 12.0 Å². The maximum Gasteiger partial charge on any atom is 0.397 e. The molecule has 0 saturated carbocycles. The minimum absolute atomic E-state index is 0.0195. The third kappa shape index (κ3) is 2.88. The van der Waals surface area contributed by atoms with Crippen LogP contribution in [0.15, 0.2) is 10.8 Å². The lowest BCUT2D eigenvalue weighted by molar-refractivity contribution is -0.160. The molecule has 8 nitrogen and oxygen atoms in total. The Labute approximate surface area is 121 Å². The van der Waals surface area contributed by atoms with Crippen LogP contribution in [0.5, 0.6) is 0 Å². The molecule has 1 aliphatic rings. The van der Waals surface area contributed by atoms with E-state index in [0.717, 1.165) is 6.39 Å². The molecule has 0 radical (unpaired) electrons. The summed E-state index contributed by atoms with van der Waals surface area (Å²) in [6, 6.07) is -0.515. The number of ether oxygens (including phenoxy) is 2. The zero-order valence-corrected chi connectivity index (χ0v) is 11.8. The molecule has 1 aliphatic heterocycles. The Morgan fingerprint density at radius 2 is 2.24 bits per heavy atom. The summed E-state index contributed by atoms with van der Waals surface area (Å²) >= 11 is 0. The molecule has 1 unspecified atom stereocenters. The largest absolute Gasteiger partial charge is 0.464 e. The topological polar surface area (TPSA) is 98.9 Å². The van der Waals surface area contributed by atoms with Crippen LogP contribution in [0.25, 0.3) is 0 Å². The van der Waals surface area contributed by atoms with Crippen LogP contribution >= 0.6 is 0 Å². The number of likely N-dealkylation sites (tertiary alicyclic amines) is 1. The Hall–Kier alpha value is -2.38. The van der Waals surface area contributed by atoms with E-state index in [-0.39, 0.29) is 18.1 Å². The lowest BCUT2D eigenvalue weighted by Crippen LogP contribution is -2.37. The minimum Gasteiger partial charge on any atom is -0.464 e. The molecule has 1 fully saturated rings. The molecule has 0 spiro atoms. The van der Waals surface area contributed by atoms with E-state index < -0.39 is 23.9 Å². The average Bonchev–Trinajstić information content (AvgIpc) is 3.13. The number of carbonyl (C=O) groups excluding carboxylic acids is 3. The van der Waals surface area contributed by atoms with Gasteiger partial charge in [-0.1, -0.05) is 0 Å². The zero-order chi connectivity index (χ0) is 15.4. The number of nitrogens with zero attached hydrogens (tertiary/aromatic N) is 2. The van der Waals surface area contributed by atoms with Crippen molar-refractivity contribution in [3.05, 3.63) is 17.8 Å². The maximum atomic E-state index is 12.1. The van der Waals surface area contributed by atoms with E-state index in [1.807, 2.05) is 0 Å². The van der Waals surface area contributed by atoms with Gasteiger partial charge < -0.3 is 18.8 Å². The summed E-state index contributed by atoms with van der Waals surface area (Å²) in [5.41, 5.74) is 0.0195. The van der Waals surface area contributed by atoms with E-state index in [2.05, 4.69) is 9.72 Å². The van der Waals surface area contributed by atoms with Crippen molar-refractivity contribution in [2.45, 2.75) is 25.8 Å². The van der Waals surface area contributed by atoms with Crippen LogP contribution in [-0.2, 0) is 19.1 Å². The number of carbonyl (C=O) groups is 3. The van der Waals surface area contributed by atoms with Crippen molar-refractivity contribution < 1.29 is 28.3 Å². The van der Waals surface area contributed by atoms with Crippen molar-refractivity contribution in [2.24, 2.45) is 0 Å². The summed E-state index contributed by atoms with van der Waals surface area (Å²) in [4.78, 5) is 40.4. The summed E-state index contributed by atoms with van der Waals surface area (Å²) in [5.74, 6) is -2.07. The molecular weight excluding hydrogens is 280 g/mol. The van der Waals surface area contributed by atoms with E-state index in [9.17, 15) is 14.4 Å². The van der Waals surface area contributed by atoms with Crippen molar-refractivity contribution in [2.75, 3.05) is 20.3 Å². The van der Waals surface area contributed by atoms with E-state index >= 15 is 0 Å². The van der Waals surface area contributed by atoms with Gasteiger partial charge in [0.25, 0.3) is 0 Å². The van der Waals surface area contributed by atoms with Gasteiger partial charge in [-0.2, -0.15) is 0 Å². The van der Waals surface area contributed by atoms with Crippen LogP contribution in [0.3, 0.4) is 0 Å². The lowest BCUT2D eigenvalue weighted by atomic mass is 10.1. The van der Waals surface area contributed by atoms with E-state index in [0.29, 0.717) is 19.4 Å². The Balaban J connectivity index is 2.23. The first-order valence-electron chi connectivity index (χ1n) is 6.59. The second kappa shape index (κ2) is 6.38. The fourth-order valence-corrected chi connectivity index (χ4v) is 2.33. The number of esters is 2. The highest BCUT2D eigenvalue weighted by molar-refractivity contribution is 6.32. The molecule has 1 atom stereocenters. The monoisotopic (exact) mass is 296 g/mol. The number of rotatable bonds is 3. The normalized spacial score (nSPS) is 17.6. The molecule has 8 heteroatoms. The molecule has 1 aromatic rings. The summed E-state index contributed by atoms with van der Waals surface area (Å²) < 4.78 is 14.6. The highest BCUT2D eigenvalue weighted by atomic mass is 16.5. The van der Waals surface area contributed by atoms with Crippen LogP contribution in [-0.4, -0.2) is 48.0 Å². The van der Waals surface area contributed by atoms with Gasteiger partial charge in [-0.05, 0) is 19.8 Å². The van der Waals surface area contributed by atoms with Gasteiger partial charge in [0.15, 0.2) is 17.8 Å². The number of hydrogen-bond donors (Lipinski definition) is 0. The van der Waals surface area contributed by atoms with Crippen molar-refractivity contribution in [1.82, 2.24) is 9.88 Å². The molecule has 2 heterocycles. The van der Waals surface area contributed by atoms with Gasteiger partial charge in [0.1, 0.15) is 0 Å². The molecule has 0 bridgehead atoms. The number of methoxy groups -OCH3 is 1. The smallest absolute Gasteiger partial charge is 0.397 e. The summed E-state index contributed by atoms with van der Waals surface area (Å²) in [6.07, 6.45) is 2.38. The third-order valence-corrected chi connectivity index (χ3v) is 3.24. The summed E-state index contributed by atoms with van der Waals surface area (Å²) in [6.45, 7) is 2.14. The van der Waals surface area contributed by atoms with Crippen molar-refractivity contribution in [1.29, 1.82) is 0 Å². The quantitative estimate of drug-likeness (QED) is 0.597. The molecule has 114 valence electrons. The fraction of sp³-hybridized carbons (Fsp3) is 0.538. The Kier molecular flexibility index (Phi) is 4.56. The van der Waals surface area contributed by atoms with Crippen LogP contribution in [0, 0.1) is 0 Å². The fourth-order valence-electron chi connectivity index (χ4n) is 2.33. The SMILES string of the molecule is CCOC(=O)C(=O)N1CCCC1c1ocnc1C(=O)OC. The molecule has 1 saturated heterocycles. The summed E-state index contributed by atoms with van der Waals surface area (Å²) in [5, 5.41) is 0. The number of oxazole rings is 1.